The quantitative estimate of drug-likeness (QED) is 0.808. The Bertz CT molecular complexity index is 563. The number of ether oxygens (including phenoxy) is 1. The third-order valence-electron chi connectivity index (χ3n) is 4.25. The maximum absolute atomic E-state index is 12.3. The van der Waals surface area contributed by atoms with Crippen molar-refractivity contribution in [3.63, 3.8) is 0 Å². The number of para-hydroxylation sites is 1. The van der Waals surface area contributed by atoms with Crippen molar-refractivity contribution in [2.75, 3.05) is 13.2 Å². The van der Waals surface area contributed by atoms with E-state index in [1.165, 1.54) is 0 Å². The number of likely N-dealkylation sites (tertiary alicyclic amines) is 1. The Kier molecular flexibility index (Phi) is 6.28. The van der Waals surface area contributed by atoms with Gasteiger partial charge in [0, 0.05) is 19.0 Å². The topological polar surface area (TPSA) is 66.8 Å². The van der Waals surface area contributed by atoms with Crippen molar-refractivity contribution in [1.29, 1.82) is 0 Å². The van der Waals surface area contributed by atoms with E-state index in [4.69, 9.17) is 16.3 Å². The van der Waals surface area contributed by atoms with Crippen molar-refractivity contribution in [1.82, 2.24) is 4.90 Å². The SMILES string of the molecule is C[C@@H]1[C@H](C(=O)O)CCCN1C(=O)CCCOc1ccccc1Cl. The van der Waals surface area contributed by atoms with Crippen molar-refractivity contribution in [3.8, 4) is 5.75 Å². The van der Waals surface area contributed by atoms with Gasteiger partial charge in [0.1, 0.15) is 5.75 Å². The van der Waals surface area contributed by atoms with E-state index in [2.05, 4.69) is 0 Å². The Morgan fingerprint density at radius 2 is 2.13 bits per heavy atom. The monoisotopic (exact) mass is 339 g/mol. The first-order chi connectivity index (χ1) is 11.0. The van der Waals surface area contributed by atoms with Crippen molar-refractivity contribution in [2.24, 2.45) is 5.92 Å². The van der Waals surface area contributed by atoms with E-state index in [1.54, 1.807) is 17.0 Å². The molecule has 2 atom stereocenters. The number of rotatable bonds is 6. The van der Waals surface area contributed by atoms with Crippen LogP contribution in [0, 0.1) is 5.92 Å². The highest BCUT2D eigenvalue weighted by Gasteiger charge is 2.34. The first kappa shape index (κ1) is 17.6. The Morgan fingerprint density at radius 3 is 2.83 bits per heavy atom. The molecule has 1 heterocycles. The maximum Gasteiger partial charge on any atom is 0.308 e. The minimum Gasteiger partial charge on any atom is -0.492 e. The largest absolute Gasteiger partial charge is 0.492 e. The van der Waals surface area contributed by atoms with Crippen LogP contribution in [0.2, 0.25) is 5.02 Å². The van der Waals surface area contributed by atoms with Gasteiger partial charge in [-0.25, -0.2) is 0 Å². The first-order valence-electron chi connectivity index (χ1n) is 7.90. The first-order valence-corrected chi connectivity index (χ1v) is 8.28. The van der Waals surface area contributed by atoms with Crippen LogP contribution in [0.1, 0.15) is 32.6 Å². The minimum absolute atomic E-state index is 0.00814. The van der Waals surface area contributed by atoms with Gasteiger partial charge in [0.05, 0.1) is 17.5 Å². The Hall–Kier alpha value is -1.75. The molecule has 6 heteroatoms. The number of carboxylic acids is 1. The van der Waals surface area contributed by atoms with E-state index in [9.17, 15) is 14.7 Å². The highest BCUT2D eigenvalue weighted by atomic mass is 35.5. The fourth-order valence-corrected chi connectivity index (χ4v) is 3.13. The van der Waals surface area contributed by atoms with Crippen LogP contribution in [-0.4, -0.2) is 41.1 Å². The van der Waals surface area contributed by atoms with Crippen molar-refractivity contribution < 1.29 is 19.4 Å². The smallest absolute Gasteiger partial charge is 0.308 e. The summed E-state index contributed by atoms with van der Waals surface area (Å²) < 4.78 is 5.56. The lowest BCUT2D eigenvalue weighted by Crippen LogP contribution is -2.49. The molecule has 0 radical (unpaired) electrons. The molecule has 0 aromatic heterocycles. The van der Waals surface area contributed by atoms with Crippen LogP contribution in [-0.2, 0) is 9.59 Å². The van der Waals surface area contributed by atoms with Gasteiger partial charge in [-0.1, -0.05) is 23.7 Å². The fraction of sp³-hybridized carbons (Fsp3) is 0.529. The zero-order valence-corrected chi connectivity index (χ0v) is 14.0. The minimum atomic E-state index is -0.822. The molecule has 1 aromatic carbocycles. The molecule has 23 heavy (non-hydrogen) atoms. The van der Waals surface area contributed by atoms with Crippen LogP contribution in [0.25, 0.3) is 0 Å². The standard InChI is InChI=1S/C17H22ClNO4/c1-12-13(17(21)22)6-4-10-19(12)16(20)9-5-11-23-15-8-3-2-7-14(15)18/h2-3,7-8,12-13H,4-6,9-11H2,1H3,(H,21,22)/t12-,13-/m1/s1. The lowest BCUT2D eigenvalue weighted by atomic mass is 9.90. The van der Waals surface area contributed by atoms with Crippen LogP contribution in [0.15, 0.2) is 24.3 Å². The average molecular weight is 340 g/mol. The molecular formula is C17H22ClNO4. The summed E-state index contributed by atoms with van der Waals surface area (Å²) in [5.74, 6) is -0.686. The van der Waals surface area contributed by atoms with Gasteiger partial charge in [0.25, 0.3) is 0 Å². The molecule has 0 saturated carbocycles. The highest BCUT2D eigenvalue weighted by molar-refractivity contribution is 6.32. The van der Waals surface area contributed by atoms with Gasteiger partial charge < -0.3 is 14.7 Å². The van der Waals surface area contributed by atoms with Gasteiger partial charge in [0.15, 0.2) is 0 Å². The number of carbonyl (C=O) groups excluding carboxylic acids is 1. The summed E-state index contributed by atoms with van der Waals surface area (Å²) in [5, 5.41) is 9.75. The summed E-state index contributed by atoms with van der Waals surface area (Å²) in [4.78, 5) is 25.2. The zero-order chi connectivity index (χ0) is 16.8. The van der Waals surface area contributed by atoms with Gasteiger partial charge >= 0.3 is 5.97 Å². The van der Waals surface area contributed by atoms with E-state index in [1.807, 2.05) is 19.1 Å². The third-order valence-corrected chi connectivity index (χ3v) is 4.57. The molecule has 0 aliphatic carbocycles. The number of carbonyl (C=O) groups is 2. The molecule has 1 aliphatic heterocycles. The molecule has 0 spiro atoms. The van der Waals surface area contributed by atoms with Gasteiger partial charge in [0.2, 0.25) is 5.91 Å². The number of piperidine rings is 1. The molecule has 1 aromatic rings. The summed E-state index contributed by atoms with van der Waals surface area (Å²) in [7, 11) is 0. The summed E-state index contributed by atoms with van der Waals surface area (Å²) in [5.41, 5.74) is 0. The Morgan fingerprint density at radius 1 is 1.39 bits per heavy atom. The van der Waals surface area contributed by atoms with Crippen LogP contribution in [0.5, 0.6) is 5.75 Å². The third kappa shape index (κ3) is 4.61. The number of amides is 1. The lowest BCUT2D eigenvalue weighted by Gasteiger charge is -2.37. The van der Waals surface area contributed by atoms with E-state index < -0.39 is 11.9 Å². The summed E-state index contributed by atoms with van der Waals surface area (Å²) >= 11 is 6.00. The number of hydrogen-bond donors (Lipinski definition) is 1. The Labute approximate surface area is 141 Å². The number of hydrogen-bond acceptors (Lipinski definition) is 3. The maximum atomic E-state index is 12.3. The normalized spacial score (nSPS) is 21.0. The van der Waals surface area contributed by atoms with Crippen LogP contribution < -0.4 is 4.74 Å². The number of carboxylic acid groups (broad SMARTS) is 1. The predicted molar refractivity (Wildman–Crippen MR) is 87.7 cm³/mol. The predicted octanol–water partition coefficient (Wildman–Crippen LogP) is 3.21. The van der Waals surface area contributed by atoms with Crippen LogP contribution in [0.3, 0.4) is 0 Å². The van der Waals surface area contributed by atoms with Crippen molar-refractivity contribution in [3.05, 3.63) is 29.3 Å². The molecule has 1 N–H and O–H groups in total. The van der Waals surface area contributed by atoms with Gasteiger partial charge in [-0.15, -0.1) is 0 Å². The molecule has 0 bridgehead atoms. The zero-order valence-electron chi connectivity index (χ0n) is 13.2. The van der Waals surface area contributed by atoms with Crippen molar-refractivity contribution in [2.45, 2.75) is 38.6 Å². The van der Waals surface area contributed by atoms with Gasteiger partial charge in [-0.3, -0.25) is 9.59 Å². The molecule has 0 unspecified atom stereocenters. The molecule has 1 saturated heterocycles. The second-order valence-corrected chi connectivity index (χ2v) is 6.20. The molecular weight excluding hydrogens is 318 g/mol. The molecule has 5 nitrogen and oxygen atoms in total. The molecule has 1 amide bonds. The summed E-state index contributed by atoms with van der Waals surface area (Å²) in [6, 6.07) is 6.96. The number of nitrogens with zero attached hydrogens (tertiary/aromatic N) is 1. The summed E-state index contributed by atoms with van der Waals surface area (Å²) in [6.07, 6.45) is 2.30. The van der Waals surface area contributed by atoms with E-state index in [0.717, 1.165) is 6.42 Å². The number of benzene rings is 1. The van der Waals surface area contributed by atoms with Gasteiger partial charge in [-0.05, 0) is 38.3 Å². The van der Waals surface area contributed by atoms with Crippen LogP contribution in [0.4, 0.5) is 0 Å². The second-order valence-electron chi connectivity index (χ2n) is 5.80. The number of halogens is 1. The molecule has 1 fully saturated rings. The van der Waals surface area contributed by atoms with E-state index >= 15 is 0 Å². The second kappa shape index (κ2) is 8.20. The van der Waals surface area contributed by atoms with Crippen LogP contribution >= 0.6 is 11.6 Å². The average Bonchev–Trinajstić information content (AvgIpc) is 2.52. The van der Waals surface area contributed by atoms with Gasteiger partial charge in [-0.2, -0.15) is 0 Å². The van der Waals surface area contributed by atoms with E-state index in [0.29, 0.717) is 43.2 Å². The molecule has 2 rings (SSSR count). The fourth-order valence-electron chi connectivity index (χ4n) is 2.94. The molecule has 1 aliphatic rings. The highest BCUT2D eigenvalue weighted by Crippen LogP contribution is 2.25. The van der Waals surface area contributed by atoms with Crippen molar-refractivity contribution >= 4 is 23.5 Å². The Balaban J connectivity index is 1.78. The molecule has 126 valence electrons. The number of aliphatic carboxylic acids is 1. The lowest BCUT2D eigenvalue weighted by molar-refractivity contribution is -0.149. The van der Waals surface area contributed by atoms with E-state index in [-0.39, 0.29) is 11.9 Å². The summed E-state index contributed by atoms with van der Waals surface area (Å²) in [6.45, 7) is 2.85.